The van der Waals surface area contributed by atoms with Crippen LogP contribution in [-0.4, -0.2) is 42.8 Å². The number of amides is 1. The van der Waals surface area contributed by atoms with Crippen LogP contribution in [0.25, 0.3) is 0 Å². The van der Waals surface area contributed by atoms with Gasteiger partial charge < -0.3 is 10.5 Å². The maximum Gasteiger partial charge on any atom is 0.271 e. The molecular formula is C22H28FN3O2S. The van der Waals surface area contributed by atoms with E-state index in [1.54, 1.807) is 26.1 Å². The predicted molar refractivity (Wildman–Crippen MR) is 117 cm³/mol. The number of rotatable bonds is 9. The topological polar surface area (TPSA) is 67.9 Å². The SMILES string of the molecule is CO[C@H](C)C(=O)N(C)/N=C(\SC(CCCN)c1ccccc1)c1cccc(F)c1. The number of nitrogens with two attached hydrogens (primary N) is 1. The summed E-state index contributed by atoms with van der Waals surface area (Å²) in [6.07, 6.45) is 1.06. The largest absolute Gasteiger partial charge is 0.372 e. The standard InChI is InChI=1S/C22H28FN3O2S/c1-16(28-3)22(27)26(2)25-21(18-11-7-12-19(23)15-18)29-20(13-8-14-24)17-9-5-4-6-10-17/h4-7,9-12,15-16,20H,8,13-14,24H2,1-3H3/b25-21-/t16-,20?/m1/s1. The Morgan fingerprint density at radius 1 is 1.24 bits per heavy atom. The number of methoxy groups -OCH3 is 1. The molecular weight excluding hydrogens is 389 g/mol. The number of carbonyl (C=O) groups excluding carboxylic acids is 1. The van der Waals surface area contributed by atoms with E-state index in [0.29, 0.717) is 17.2 Å². The highest BCUT2D eigenvalue weighted by molar-refractivity contribution is 8.14. The van der Waals surface area contributed by atoms with Gasteiger partial charge >= 0.3 is 0 Å². The minimum atomic E-state index is -0.621. The van der Waals surface area contributed by atoms with Gasteiger partial charge in [-0.3, -0.25) is 4.79 Å². The Morgan fingerprint density at radius 3 is 2.59 bits per heavy atom. The monoisotopic (exact) mass is 417 g/mol. The van der Waals surface area contributed by atoms with Gasteiger partial charge in [0.25, 0.3) is 5.91 Å². The summed E-state index contributed by atoms with van der Waals surface area (Å²) in [5, 5.41) is 6.41. The quantitative estimate of drug-likeness (QED) is 0.377. The molecule has 2 N–H and O–H groups in total. The summed E-state index contributed by atoms with van der Waals surface area (Å²) in [5.41, 5.74) is 7.48. The Bertz CT molecular complexity index is 817. The summed E-state index contributed by atoms with van der Waals surface area (Å²) in [7, 11) is 3.05. The van der Waals surface area contributed by atoms with Gasteiger partial charge in [-0.15, -0.1) is 0 Å². The summed E-state index contributed by atoms with van der Waals surface area (Å²) < 4.78 is 19.0. The van der Waals surface area contributed by atoms with E-state index in [0.717, 1.165) is 18.4 Å². The number of hydrogen-bond acceptors (Lipinski definition) is 5. The van der Waals surface area contributed by atoms with Gasteiger partial charge in [0.05, 0.1) is 0 Å². The number of likely N-dealkylation sites (N-methyl/N-ethyl adjacent to an activating group) is 1. The number of benzene rings is 2. The fourth-order valence-electron chi connectivity index (χ4n) is 2.72. The van der Waals surface area contributed by atoms with Crippen LogP contribution in [0.5, 0.6) is 0 Å². The second kappa shape index (κ2) is 11.7. The zero-order valence-corrected chi connectivity index (χ0v) is 17.9. The second-order valence-electron chi connectivity index (χ2n) is 6.60. The van der Waals surface area contributed by atoms with E-state index in [2.05, 4.69) is 17.2 Å². The van der Waals surface area contributed by atoms with Crippen LogP contribution in [0.1, 0.15) is 36.1 Å². The smallest absolute Gasteiger partial charge is 0.271 e. The first kappa shape index (κ1) is 23.1. The Hall–Kier alpha value is -2.22. The Morgan fingerprint density at radius 2 is 1.97 bits per heavy atom. The first-order valence-electron chi connectivity index (χ1n) is 9.52. The van der Waals surface area contributed by atoms with Gasteiger partial charge in [0.15, 0.2) is 0 Å². The molecule has 7 heteroatoms. The van der Waals surface area contributed by atoms with Crippen molar-refractivity contribution in [2.75, 3.05) is 20.7 Å². The van der Waals surface area contributed by atoms with Crippen molar-refractivity contribution in [2.24, 2.45) is 10.8 Å². The number of halogens is 1. The fourth-order valence-corrected chi connectivity index (χ4v) is 4.00. The Labute approximate surface area is 176 Å². The third-order valence-corrected chi connectivity index (χ3v) is 5.76. The molecule has 1 amide bonds. The van der Waals surface area contributed by atoms with Gasteiger partial charge in [-0.25, -0.2) is 9.40 Å². The molecule has 0 fully saturated rings. The van der Waals surface area contributed by atoms with Crippen molar-refractivity contribution in [1.29, 1.82) is 0 Å². The lowest BCUT2D eigenvalue weighted by Gasteiger charge is -2.21. The van der Waals surface area contributed by atoms with Gasteiger partial charge in [0.2, 0.25) is 0 Å². The number of ether oxygens (including phenoxy) is 1. The third kappa shape index (κ3) is 6.96. The number of carbonyl (C=O) groups is 1. The lowest BCUT2D eigenvalue weighted by atomic mass is 10.1. The molecule has 5 nitrogen and oxygen atoms in total. The van der Waals surface area contributed by atoms with Gasteiger partial charge in [0.1, 0.15) is 17.0 Å². The van der Waals surface area contributed by atoms with Crippen LogP contribution in [0, 0.1) is 5.82 Å². The fraction of sp³-hybridized carbons (Fsp3) is 0.364. The molecule has 2 atom stereocenters. The highest BCUT2D eigenvalue weighted by atomic mass is 32.2. The number of hydrogen-bond donors (Lipinski definition) is 1. The van der Waals surface area contributed by atoms with E-state index in [-0.39, 0.29) is 17.0 Å². The second-order valence-corrected chi connectivity index (χ2v) is 7.79. The third-order valence-electron chi connectivity index (χ3n) is 4.43. The molecule has 2 rings (SSSR count). The maximum absolute atomic E-state index is 13.9. The molecule has 156 valence electrons. The minimum Gasteiger partial charge on any atom is -0.372 e. The molecule has 2 aromatic carbocycles. The molecule has 0 saturated heterocycles. The van der Waals surface area contributed by atoms with Gasteiger partial charge in [-0.05, 0) is 44.0 Å². The van der Waals surface area contributed by atoms with Crippen molar-refractivity contribution in [3.63, 3.8) is 0 Å². The minimum absolute atomic E-state index is 0.0742. The average Bonchev–Trinajstić information content (AvgIpc) is 2.75. The highest BCUT2D eigenvalue weighted by Crippen LogP contribution is 2.36. The maximum atomic E-state index is 13.9. The van der Waals surface area contributed by atoms with Gasteiger partial charge in [-0.2, -0.15) is 5.10 Å². The molecule has 0 heterocycles. The van der Waals surface area contributed by atoms with Crippen LogP contribution in [-0.2, 0) is 9.53 Å². The van der Waals surface area contributed by atoms with Crippen LogP contribution in [0.15, 0.2) is 59.7 Å². The Kier molecular flexibility index (Phi) is 9.31. The van der Waals surface area contributed by atoms with Crippen LogP contribution < -0.4 is 5.73 Å². The van der Waals surface area contributed by atoms with E-state index in [1.165, 1.54) is 36.0 Å². The lowest BCUT2D eigenvalue weighted by Crippen LogP contribution is -2.33. The number of thioether (sulfide) groups is 1. The first-order chi connectivity index (χ1) is 14.0. The van der Waals surface area contributed by atoms with Gasteiger partial charge in [0, 0.05) is 25.0 Å². The van der Waals surface area contributed by atoms with E-state index >= 15 is 0 Å². The van der Waals surface area contributed by atoms with E-state index in [1.807, 2.05) is 18.2 Å². The number of hydrazone groups is 1. The summed E-state index contributed by atoms with van der Waals surface area (Å²) in [5.74, 6) is -0.631. The zero-order chi connectivity index (χ0) is 21.2. The summed E-state index contributed by atoms with van der Waals surface area (Å²) in [6.45, 7) is 2.25. The molecule has 29 heavy (non-hydrogen) atoms. The average molecular weight is 418 g/mol. The molecule has 0 aromatic heterocycles. The van der Waals surface area contributed by atoms with E-state index in [4.69, 9.17) is 10.5 Å². The van der Waals surface area contributed by atoms with Crippen molar-refractivity contribution in [3.8, 4) is 0 Å². The van der Waals surface area contributed by atoms with Crippen molar-refractivity contribution >= 4 is 22.7 Å². The Balaban J connectivity index is 2.39. The summed E-state index contributed by atoms with van der Waals surface area (Å²) >= 11 is 1.50. The molecule has 0 spiro atoms. The normalized spacial score (nSPS) is 13.8. The van der Waals surface area contributed by atoms with Crippen LogP contribution in [0.3, 0.4) is 0 Å². The van der Waals surface area contributed by atoms with Crippen LogP contribution in [0.2, 0.25) is 0 Å². The zero-order valence-electron chi connectivity index (χ0n) is 17.0. The van der Waals surface area contributed by atoms with E-state index in [9.17, 15) is 9.18 Å². The molecule has 0 radical (unpaired) electrons. The lowest BCUT2D eigenvalue weighted by molar-refractivity contribution is -0.139. The summed E-state index contributed by atoms with van der Waals surface area (Å²) in [4.78, 5) is 12.4. The molecule has 0 bridgehead atoms. The molecule has 0 aliphatic carbocycles. The molecule has 0 aliphatic rings. The number of nitrogens with zero attached hydrogens (tertiary/aromatic N) is 2. The van der Waals surface area contributed by atoms with Gasteiger partial charge in [-0.1, -0.05) is 54.2 Å². The predicted octanol–water partition coefficient (Wildman–Crippen LogP) is 4.19. The van der Waals surface area contributed by atoms with Crippen molar-refractivity contribution in [2.45, 2.75) is 31.1 Å². The van der Waals surface area contributed by atoms with Crippen LogP contribution in [0.4, 0.5) is 4.39 Å². The van der Waals surface area contributed by atoms with Crippen molar-refractivity contribution in [3.05, 3.63) is 71.5 Å². The van der Waals surface area contributed by atoms with Crippen molar-refractivity contribution in [1.82, 2.24) is 5.01 Å². The van der Waals surface area contributed by atoms with Crippen LogP contribution >= 0.6 is 11.8 Å². The van der Waals surface area contributed by atoms with E-state index < -0.39 is 6.10 Å². The molecule has 0 saturated carbocycles. The summed E-state index contributed by atoms with van der Waals surface area (Å²) in [6, 6.07) is 16.3. The molecule has 1 unspecified atom stereocenters. The molecule has 2 aromatic rings. The highest BCUT2D eigenvalue weighted by Gasteiger charge is 2.21. The first-order valence-corrected chi connectivity index (χ1v) is 10.4. The molecule has 0 aliphatic heterocycles. The van der Waals surface area contributed by atoms with Crippen molar-refractivity contribution < 1.29 is 13.9 Å².